The third-order valence-electron chi connectivity index (χ3n) is 10.8. The molecule has 1 aliphatic rings. The van der Waals surface area contributed by atoms with Crippen molar-refractivity contribution in [2.45, 2.75) is 19.3 Å². The Hall–Kier alpha value is -6.38. The molecule has 1 aliphatic carbocycles. The highest BCUT2D eigenvalue weighted by Crippen LogP contribution is 2.52. The number of rotatable bonds is 5. The van der Waals surface area contributed by atoms with Gasteiger partial charge in [0.05, 0.1) is 11.1 Å². The van der Waals surface area contributed by atoms with Crippen molar-refractivity contribution in [3.8, 4) is 33.4 Å². The maximum absolute atomic E-state index is 6.91. The lowest BCUT2D eigenvalue weighted by Crippen LogP contribution is -2.16. The number of hydrogen-bond donors (Lipinski definition) is 0. The van der Waals surface area contributed by atoms with E-state index in [1.807, 2.05) is 0 Å². The normalized spacial score (nSPS) is 13.1. The molecule has 0 spiro atoms. The van der Waals surface area contributed by atoms with Crippen LogP contribution in [-0.4, -0.2) is 0 Å². The first-order chi connectivity index (χ1) is 25.0. The van der Waals surface area contributed by atoms with Crippen molar-refractivity contribution < 1.29 is 4.42 Å². The molecular formula is C49H35NO. The van der Waals surface area contributed by atoms with Crippen molar-refractivity contribution in [2.75, 3.05) is 4.90 Å². The van der Waals surface area contributed by atoms with Crippen molar-refractivity contribution in [3.63, 3.8) is 0 Å². The van der Waals surface area contributed by atoms with E-state index in [0.29, 0.717) is 0 Å². The molecule has 0 unspecified atom stereocenters. The highest BCUT2D eigenvalue weighted by molar-refractivity contribution is 6.19. The van der Waals surface area contributed by atoms with Crippen molar-refractivity contribution in [3.05, 3.63) is 187 Å². The highest BCUT2D eigenvalue weighted by Gasteiger charge is 2.36. The predicted octanol–water partition coefficient (Wildman–Crippen LogP) is 13.8. The molecule has 9 aromatic rings. The van der Waals surface area contributed by atoms with E-state index in [-0.39, 0.29) is 5.41 Å². The van der Waals surface area contributed by atoms with Crippen LogP contribution in [0.1, 0.15) is 25.0 Å². The standard InChI is InChI=1S/C49H35NO/c1-49(2)43-20-12-11-19-40(43)41-26-25-38(31-44(41)49)50(37-23-21-33(22-24-37)32-13-5-3-6-14-32)45-28-27-39(34-15-7-4-8-16-34)48-47(45)42-29-35-17-9-10-18-36(35)30-46(42)51-48/h3-31H,1-2H3. The molecule has 0 aliphatic heterocycles. The number of anilines is 3. The van der Waals surface area contributed by atoms with Crippen LogP contribution in [0.4, 0.5) is 17.1 Å². The summed E-state index contributed by atoms with van der Waals surface area (Å²) in [6.07, 6.45) is 0. The van der Waals surface area contributed by atoms with Crippen LogP contribution in [0.5, 0.6) is 0 Å². The first kappa shape index (κ1) is 29.5. The summed E-state index contributed by atoms with van der Waals surface area (Å²) >= 11 is 0. The molecule has 0 amide bonds. The van der Waals surface area contributed by atoms with E-state index in [4.69, 9.17) is 4.42 Å². The summed E-state index contributed by atoms with van der Waals surface area (Å²) in [7, 11) is 0. The zero-order chi connectivity index (χ0) is 34.1. The van der Waals surface area contributed by atoms with Crippen LogP contribution in [0, 0.1) is 0 Å². The van der Waals surface area contributed by atoms with Crippen LogP contribution >= 0.6 is 0 Å². The van der Waals surface area contributed by atoms with E-state index >= 15 is 0 Å². The van der Waals surface area contributed by atoms with Gasteiger partial charge in [-0.15, -0.1) is 0 Å². The number of furan rings is 1. The van der Waals surface area contributed by atoms with E-state index in [9.17, 15) is 0 Å². The summed E-state index contributed by atoms with van der Waals surface area (Å²) < 4.78 is 6.91. The Morgan fingerprint density at radius 3 is 1.80 bits per heavy atom. The van der Waals surface area contributed by atoms with Crippen molar-refractivity contribution in [1.82, 2.24) is 0 Å². The first-order valence-corrected chi connectivity index (χ1v) is 17.7. The molecule has 242 valence electrons. The summed E-state index contributed by atoms with van der Waals surface area (Å²) in [5.41, 5.74) is 14.9. The van der Waals surface area contributed by atoms with Crippen LogP contribution < -0.4 is 4.90 Å². The third kappa shape index (κ3) is 4.64. The molecule has 2 nitrogen and oxygen atoms in total. The molecule has 10 rings (SSSR count). The van der Waals surface area contributed by atoms with Crippen molar-refractivity contribution in [2.24, 2.45) is 0 Å². The molecular weight excluding hydrogens is 619 g/mol. The lowest BCUT2D eigenvalue weighted by Gasteiger charge is -2.29. The third-order valence-corrected chi connectivity index (χ3v) is 10.8. The number of nitrogens with zero attached hydrogens (tertiary/aromatic N) is 1. The fourth-order valence-electron chi connectivity index (χ4n) is 8.27. The van der Waals surface area contributed by atoms with E-state index in [2.05, 4.69) is 195 Å². The Morgan fingerprint density at radius 2 is 1.04 bits per heavy atom. The van der Waals surface area contributed by atoms with Gasteiger partial charge in [0.25, 0.3) is 0 Å². The Balaban J connectivity index is 1.26. The fourth-order valence-corrected chi connectivity index (χ4v) is 8.27. The SMILES string of the molecule is CC1(C)c2ccccc2-c2ccc(N(c3ccc(-c4ccccc4)cc3)c3ccc(-c4ccccc4)c4oc5cc6ccccc6cc5c34)cc21. The summed E-state index contributed by atoms with van der Waals surface area (Å²) in [6, 6.07) is 63.6. The Morgan fingerprint density at radius 1 is 0.451 bits per heavy atom. The zero-order valence-electron chi connectivity index (χ0n) is 28.6. The minimum absolute atomic E-state index is 0.126. The van der Waals surface area contributed by atoms with E-state index in [1.54, 1.807) is 0 Å². The lowest BCUT2D eigenvalue weighted by atomic mass is 9.82. The fraction of sp³-hybridized carbons (Fsp3) is 0.0612. The molecule has 0 fully saturated rings. The van der Waals surface area contributed by atoms with Crippen LogP contribution in [-0.2, 0) is 5.41 Å². The summed E-state index contributed by atoms with van der Waals surface area (Å²) in [4.78, 5) is 2.43. The second-order valence-electron chi connectivity index (χ2n) is 14.1. The Bertz CT molecular complexity index is 2760. The van der Waals surface area contributed by atoms with Gasteiger partial charge in [0.1, 0.15) is 11.2 Å². The molecule has 8 aromatic carbocycles. The molecule has 51 heavy (non-hydrogen) atoms. The molecule has 0 radical (unpaired) electrons. The minimum atomic E-state index is -0.126. The van der Waals surface area contributed by atoms with E-state index < -0.39 is 0 Å². The molecule has 0 N–H and O–H groups in total. The van der Waals surface area contributed by atoms with Crippen LogP contribution in [0.15, 0.2) is 180 Å². The van der Waals surface area contributed by atoms with Gasteiger partial charge >= 0.3 is 0 Å². The monoisotopic (exact) mass is 653 g/mol. The zero-order valence-corrected chi connectivity index (χ0v) is 28.6. The van der Waals surface area contributed by atoms with Gasteiger partial charge in [0, 0.05) is 27.7 Å². The van der Waals surface area contributed by atoms with Gasteiger partial charge in [-0.1, -0.05) is 141 Å². The summed E-state index contributed by atoms with van der Waals surface area (Å²) in [5.74, 6) is 0. The van der Waals surface area contributed by atoms with Gasteiger partial charge in [-0.3, -0.25) is 0 Å². The largest absolute Gasteiger partial charge is 0.455 e. The van der Waals surface area contributed by atoms with Gasteiger partial charge in [0.2, 0.25) is 0 Å². The number of benzene rings is 8. The maximum atomic E-state index is 6.91. The van der Waals surface area contributed by atoms with Crippen molar-refractivity contribution >= 4 is 49.8 Å². The van der Waals surface area contributed by atoms with Crippen LogP contribution in [0.2, 0.25) is 0 Å². The maximum Gasteiger partial charge on any atom is 0.145 e. The van der Waals surface area contributed by atoms with E-state index in [0.717, 1.165) is 50.1 Å². The Kier molecular flexibility index (Phi) is 6.56. The highest BCUT2D eigenvalue weighted by atomic mass is 16.3. The van der Waals surface area contributed by atoms with Crippen LogP contribution in [0.3, 0.4) is 0 Å². The molecule has 1 heterocycles. The molecule has 0 atom stereocenters. The van der Waals surface area contributed by atoms with Gasteiger partial charge in [-0.05, 0) is 98.2 Å². The topological polar surface area (TPSA) is 16.4 Å². The van der Waals surface area contributed by atoms with Gasteiger partial charge in [-0.2, -0.15) is 0 Å². The van der Waals surface area contributed by atoms with E-state index in [1.165, 1.54) is 44.2 Å². The average molecular weight is 654 g/mol. The lowest BCUT2D eigenvalue weighted by molar-refractivity contribution is 0.660. The molecule has 2 heteroatoms. The summed E-state index contributed by atoms with van der Waals surface area (Å²) in [5, 5.41) is 4.57. The molecule has 0 saturated heterocycles. The smallest absolute Gasteiger partial charge is 0.145 e. The number of hydrogen-bond acceptors (Lipinski definition) is 2. The quantitative estimate of drug-likeness (QED) is 0.184. The minimum Gasteiger partial charge on any atom is -0.455 e. The van der Waals surface area contributed by atoms with Gasteiger partial charge < -0.3 is 9.32 Å². The predicted molar refractivity (Wildman–Crippen MR) is 214 cm³/mol. The van der Waals surface area contributed by atoms with Crippen molar-refractivity contribution in [1.29, 1.82) is 0 Å². The second kappa shape index (κ2) is 11.3. The number of fused-ring (bicyclic) bond motifs is 7. The molecule has 0 saturated carbocycles. The van der Waals surface area contributed by atoms with Crippen LogP contribution in [0.25, 0.3) is 66.1 Å². The second-order valence-corrected chi connectivity index (χ2v) is 14.1. The summed E-state index contributed by atoms with van der Waals surface area (Å²) in [6.45, 7) is 4.70. The molecule has 0 bridgehead atoms. The first-order valence-electron chi connectivity index (χ1n) is 17.7. The average Bonchev–Trinajstić information content (AvgIpc) is 3.66. The van der Waals surface area contributed by atoms with Gasteiger partial charge in [-0.25, -0.2) is 0 Å². The van der Waals surface area contributed by atoms with Gasteiger partial charge in [0.15, 0.2) is 0 Å². The molecule has 1 aromatic heterocycles. The Labute approximate surface area is 297 Å².